The molecule has 0 aliphatic carbocycles. The maximum Gasteiger partial charge on any atom is 0.131 e. The Balaban J connectivity index is 2.41. The highest BCUT2D eigenvalue weighted by molar-refractivity contribution is 5.38. The molecule has 0 radical (unpaired) electrons. The quantitative estimate of drug-likeness (QED) is 0.733. The SMILES string of the molecule is CC1=C[C@H](c2c(C)cccc2C)ON1. The maximum absolute atomic E-state index is 5.47. The largest absolute Gasteiger partial charge is 0.271 e. The van der Waals surface area contributed by atoms with Crippen molar-refractivity contribution in [3.8, 4) is 0 Å². The first-order valence-electron chi connectivity index (χ1n) is 4.84. The minimum absolute atomic E-state index is 0.0659. The van der Waals surface area contributed by atoms with Crippen LogP contribution in [-0.2, 0) is 4.84 Å². The van der Waals surface area contributed by atoms with Gasteiger partial charge in [0.15, 0.2) is 0 Å². The van der Waals surface area contributed by atoms with Crippen LogP contribution in [0.1, 0.15) is 29.7 Å². The van der Waals surface area contributed by atoms with E-state index in [2.05, 4.69) is 43.6 Å². The lowest BCUT2D eigenvalue weighted by Gasteiger charge is -2.13. The number of aryl methyl sites for hydroxylation is 2. The summed E-state index contributed by atoms with van der Waals surface area (Å²) in [4.78, 5) is 5.47. The Hall–Kier alpha value is -1.28. The molecule has 0 bridgehead atoms. The van der Waals surface area contributed by atoms with Gasteiger partial charge in [-0.1, -0.05) is 18.2 Å². The average Bonchev–Trinajstić information content (AvgIpc) is 2.51. The van der Waals surface area contributed by atoms with Crippen LogP contribution in [0.2, 0.25) is 0 Å². The van der Waals surface area contributed by atoms with E-state index in [9.17, 15) is 0 Å². The van der Waals surface area contributed by atoms with E-state index in [1.165, 1.54) is 16.7 Å². The van der Waals surface area contributed by atoms with Crippen LogP contribution in [0.25, 0.3) is 0 Å². The van der Waals surface area contributed by atoms with E-state index in [0.717, 1.165) is 5.70 Å². The van der Waals surface area contributed by atoms with Gasteiger partial charge in [-0.3, -0.25) is 10.3 Å². The minimum Gasteiger partial charge on any atom is -0.271 e. The van der Waals surface area contributed by atoms with E-state index in [1.54, 1.807) is 0 Å². The molecule has 2 nitrogen and oxygen atoms in total. The first kappa shape index (κ1) is 9.28. The van der Waals surface area contributed by atoms with Gasteiger partial charge < -0.3 is 0 Å². The van der Waals surface area contributed by atoms with Crippen molar-refractivity contribution < 1.29 is 4.84 Å². The second-order valence-electron chi connectivity index (χ2n) is 3.80. The molecule has 2 heteroatoms. The lowest BCUT2D eigenvalue weighted by Crippen LogP contribution is -2.08. The molecule has 74 valence electrons. The summed E-state index contributed by atoms with van der Waals surface area (Å²) in [5, 5.41) is 0. The molecule has 1 heterocycles. The van der Waals surface area contributed by atoms with E-state index in [-0.39, 0.29) is 6.10 Å². The number of rotatable bonds is 1. The number of hydrogen-bond acceptors (Lipinski definition) is 2. The smallest absolute Gasteiger partial charge is 0.131 e. The first-order chi connectivity index (χ1) is 6.68. The molecule has 1 atom stereocenters. The van der Waals surface area contributed by atoms with E-state index in [4.69, 9.17) is 4.84 Å². The van der Waals surface area contributed by atoms with Crippen molar-refractivity contribution in [2.24, 2.45) is 0 Å². The summed E-state index contributed by atoms with van der Waals surface area (Å²) in [5.74, 6) is 0. The van der Waals surface area contributed by atoms with Gasteiger partial charge >= 0.3 is 0 Å². The molecule has 1 aromatic carbocycles. The summed E-state index contributed by atoms with van der Waals surface area (Å²) in [5.41, 5.74) is 7.80. The molecule has 0 saturated carbocycles. The van der Waals surface area contributed by atoms with Crippen LogP contribution in [0.4, 0.5) is 0 Å². The zero-order chi connectivity index (χ0) is 10.1. The van der Waals surface area contributed by atoms with Crippen molar-refractivity contribution in [3.05, 3.63) is 46.7 Å². The predicted molar refractivity (Wildman–Crippen MR) is 56.6 cm³/mol. The van der Waals surface area contributed by atoms with Crippen LogP contribution in [0.5, 0.6) is 0 Å². The molecular formula is C12H15NO. The number of allylic oxidation sites excluding steroid dienone is 1. The Morgan fingerprint density at radius 3 is 2.29 bits per heavy atom. The van der Waals surface area contributed by atoms with Crippen molar-refractivity contribution in [1.29, 1.82) is 0 Å². The second kappa shape index (κ2) is 3.46. The molecular weight excluding hydrogens is 174 g/mol. The summed E-state index contributed by atoms with van der Waals surface area (Å²) in [6, 6.07) is 6.31. The van der Waals surface area contributed by atoms with E-state index in [0.29, 0.717) is 0 Å². The van der Waals surface area contributed by atoms with Gasteiger partial charge in [0.05, 0.1) is 0 Å². The summed E-state index contributed by atoms with van der Waals surface area (Å²) in [6.45, 7) is 6.24. The van der Waals surface area contributed by atoms with Crippen LogP contribution >= 0.6 is 0 Å². The van der Waals surface area contributed by atoms with Crippen LogP contribution in [-0.4, -0.2) is 0 Å². The standard InChI is InChI=1S/C12H15NO/c1-8-5-4-6-9(2)12(8)11-7-10(3)13-14-11/h4-7,11,13H,1-3H3/t11-/m1/s1. The van der Waals surface area contributed by atoms with Gasteiger partial charge in [0.2, 0.25) is 0 Å². The van der Waals surface area contributed by atoms with Crippen molar-refractivity contribution in [2.45, 2.75) is 26.9 Å². The van der Waals surface area contributed by atoms with E-state index in [1.807, 2.05) is 6.92 Å². The minimum atomic E-state index is 0.0659. The molecule has 0 fully saturated rings. The zero-order valence-corrected chi connectivity index (χ0v) is 8.79. The summed E-state index contributed by atoms with van der Waals surface area (Å²) in [7, 11) is 0. The van der Waals surface area contributed by atoms with E-state index < -0.39 is 0 Å². The molecule has 1 aliphatic heterocycles. The Labute approximate surface area is 84.5 Å². The van der Waals surface area contributed by atoms with Crippen molar-refractivity contribution >= 4 is 0 Å². The molecule has 0 amide bonds. The van der Waals surface area contributed by atoms with Gasteiger partial charge in [-0.25, -0.2) is 0 Å². The number of nitrogens with one attached hydrogen (secondary N) is 1. The fraction of sp³-hybridized carbons (Fsp3) is 0.333. The molecule has 0 spiro atoms. The van der Waals surface area contributed by atoms with Crippen molar-refractivity contribution in [1.82, 2.24) is 5.48 Å². The first-order valence-corrected chi connectivity index (χ1v) is 4.84. The van der Waals surface area contributed by atoms with Gasteiger partial charge in [0.25, 0.3) is 0 Å². The number of benzene rings is 1. The van der Waals surface area contributed by atoms with Gasteiger partial charge in [-0.05, 0) is 43.5 Å². The van der Waals surface area contributed by atoms with Crippen LogP contribution in [0, 0.1) is 13.8 Å². The summed E-state index contributed by atoms with van der Waals surface area (Å²) in [6.07, 6.45) is 2.17. The molecule has 2 rings (SSSR count). The normalized spacial score (nSPS) is 20.5. The van der Waals surface area contributed by atoms with E-state index >= 15 is 0 Å². The van der Waals surface area contributed by atoms with Gasteiger partial charge in [0.1, 0.15) is 6.10 Å². The second-order valence-corrected chi connectivity index (χ2v) is 3.80. The third-order valence-corrected chi connectivity index (χ3v) is 2.57. The third-order valence-electron chi connectivity index (χ3n) is 2.57. The molecule has 1 aromatic rings. The Morgan fingerprint density at radius 2 is 1.79 bits per heavy atom. The molecule has 0 saturated heterocycles. The Bertz CT molecular complexity index is 362. The van der Waals surface area contributed by atoms with Gasteiger partial charge in [0, 0.05) is 5.70 Å². The van der Waals surface area contributed by atoms with Crippen molar-refractivity contribution in [2.75, 3.05) is 0 Å². The van der Waals surface area contributed by atoms with Crippen LogP contribution in [0.15, 0.2) is 30.0 Å². The summed E-state index contributed by atoms with van der Waals surface area (Å²) < 4.78 is 0. The fourth-order valence-corrected chi connectivity index (χ4v) is 1.87. The molecule has 0 unspecified atom stereocenters. The third kappa shape index (κ3) is 1.53. The number of hydrogen-bond donors (Lipinski definition) is 1. The van der Waals surface area contributed by atoms with Crippen LogP contribution in [0.3, 0.4) is 0 Å². The Kier molecular flexibility index (Phi) is 2.30. The van der Waals surface area contributed by atoms with Gasteiger partial charge in [-0.2, -0.15) is 0 Å². The van der Waals surface area contributed by atoms with Gasteiger partial charge in [-0.15, -0.1) is 0 Å². The fourth-order valence-electron chi connectivity index (χ4n) is 1.87. The molecule has 1 aliphatic rings. The number of hydroxylamine groups is 1. The van der Waals surface area contributed by atoms with Crippen LogP contribution < -0.4 is 5.48 Å². The maximum atomic E-state index is 5.47. The lowest BCUT2D eigenvalue weighted by molar-refractivity contribution is 0.0415. The lowest BCUT2D eigenvalue weighted by atomic mass is 9.98. The highest BCUT2D eigenvalue weighted by atomic mass is 16.7. The Morgan fingerprint density at radius 1 is 1.14 bits per heavy atom. The topological polar surface area (TPSA) is 21.3 Å². The predicted octanol–water partition coefficient (Wildman–Crippen LogP) is 2.78. The highest BCUT2D eigenvalue weighted by Gasteiger charge is 2.19. The monoisotopic (exact) mass is 189 g/mol. The highest BCUT2D eigenvalue weighted by Crippen LogP contribution is 2.28. The molecule has 0 aromatic heterocycles. The molecule has 1 N–H and O–H groups in total. The zero-order valence-electron chi connectivity index (χ0n) is 8.79. The molecule has 14 heavy (non-hydrogen) atoms. The summed E-state index contributed by atoms with van der Waals surface area (Å²) >= 11 is 0. The average molecular weight is 189 g/mol. The van der Waals surface area contributed by atoms with Crippen molar-refractivity contribution in [3.63, 3.8) is 0 Å².